The van der Waals surface area contributed by atoms with Crippen molar-refractivity contribution >= 4 is 31.9 Å². The number of nitrogens with one attached hydrogen (secondary N) is 1. The largest absolute Gasteiger partial charge is 0.392 e. The van der Waals surface area contributed by atoms with Crippen LogP contribution in [-0.4, -0.2) is 28.7 Å². The molecule has 0 saturated heterocycles. The summed E-state index contributed by atoms with van der Waals surface area (Å²) < 4.78 is 27.3. The maximum Gasteiger partial charge on any atom is 0.265 e. The van der Waals surface area contributed by atoms with Gasteiger partial charge in [-0.15, -0.1) is 5.10 Å². The van der Waals surface area contributed by atoms with Gasteiger partial charge in [-0.1, -0.05) is 6.07 Å². The quantitative estimate of drug-likeness (QED) is 0.851. The lowest BCUT2D eigenvalue weighted by Gasteiger charge is -2.11. The average Bonchev–Trinajstić information content (AvgIpc) is 2.42. The van der Waals surface area contributed by atoms with Crippen LogP contribution in [0.4, 0.5) is 5.95 Å². The first-order valence-electron chi connectivity index (χ1n) is 5.50. The van der Waals surface area contributed by atoms with Crippen LogP contribution in [-0.2, 0) is 16.6 Å². The second-order valence-electron chi connectivity index (χ2n) is 3.95. The van der Waals surface area contributed by atoms with Crippen molar-refractivity contribution in [3.63, 3.8) is 0 Å². The van der Waals surface area contributed by atoms with Crippen molar-refractivity contribution in [2.24, 2.45) is 0 Å². The molecule has 2 rings (SSSR count). The fourth-order valence-electron chi connectivity index (χ4n) is 1.57. The van der Waals surface area contributed by atoms with E-state index in [9.17, 15) is 8.42 Å². The van der Waals surface area contributed by atoms with E-state index >= 15 is 0 Å². The van der Waals surface area contributed by atoms with Crippen molar-refractivity contribution in [3.8, 4) is 0 Å². The molecule has 0 atom stereocenters. The van der Waals surface area contributed by atoms with Gasteiger partial charge in [0.05, 0.1) is 19.0 Å². The Morgan fingerprint density at radius 2 is 2.10 bits per heavy atom. The standard InChI is InChI=1S/C11H11BrN4O3S/c1-7-4-8(6-17)5-9(10(7)12)20(18,19)16-11-13-2-3-14-15-11/h2-5,17H,6H2,1H3,(H,13,15,16). The van der Waals surface area contributed by atoms with E-state index in [1.807, 2.05) is 0 Å². The minimum absolute atomic E-state index is 0.00834. The lowest BCUT2D eigenvalue weighted by Crippen LogP contribution is -2.16. The highest BCUT2D eigenvalue weighted by molar-refractivity contribution is 9.10. The fraction of sp³-hybridized carbons (Fsp3) is 0.182. The molecule has 0 spiro atoms. The molecule has 0 fully saturated rings. The van der Waals surface area contributed by atoms with E-state index in [1.165, 1.54) is 18.5 Å². The highest BCUT2D eigenvalue weighted by Gasteiger charge is 2.21. The Morgan fingerprint density at radius 1 is 1.35 bits per heavy atom. The van der Waals surface area contributed by atoms with E-state index < -0.39 is 10.0 Å². The summed E-state index contributed by atoms with van der Waals surface area (Å²) in [6.45, 7) is 1.49. The topological polar surface area (TPSA) is 105 Å². The number of aryl methyl sites for hydroxylation is 1. The Kier molecular flexibility index (Phi) is 4.31. The molecule has 0 radical (unpaired) electrons. The molecule has 2 aromatic rings. The number of benzene rings is 1. The Hall–Kier alpha value is -1.58. The van der Waals surface area contributed by atoms with E-state index in [2.05, 4.69) is 35.8 Å². The number of nitrogens with zero attached hydrogens (tertiary/aromatic N) is 3. The number of sulfonamides is 1. The summed E-state index contributed by atoms with van der Waals surface area (Å²) in [6.07, 6.45) is 2.67. The maximum atomic E-state index is 12.3. The smallest absolute Gasteiger partial charge is 0.265 e. The molecular weight excluding hydrogens is 348 g/mol. The number of hydrogen-bond acceptors (Lipinski definition) is 6. The molecule has 0 aliphatic rings. The van der Waals surface area contributed by atoms with Crippen molar-refractivity contribution in [1.82, 2.24) is 15.2 Å². The third kappa shape index (κ3) is 3.11. The van der Waals surface area contributed by atoms with Crippen LogP contribution >= 0.6 is 15.9 Å². The zero-order valence-electron chi connectivity index (χ0n) is 10.4. The van der Waals surface area contributed by atoms with Gasteiger partial charge in [-0.25, -0.2) is 18.1 Å². The van der Waals surface area contributed by atoms with Gasteiger partial charge in [0.1, 0.15) is 4.90 Å². The fourth-order valence-corrected chi connectivity index (χ4v) is 3.58. The SMILES string of the molecule is Cc1cc(CO)cc(S(=O)(=O)Nc2nccnn2)c1Br. The van der Waals surface area contributed by atoms with Crippen molar-refractivity contribution in [3.05, 3.63) is 40.1 Å². The van der Waals surface area contributed by atoms with Gasteiger partial charge >= 0.3 is 0 Å². The van der Waals surface area contributed by atoms with Crippen LogP contribution < -0.4 is 4.72 Å². The third-order valence-electron chi connectivity index (χ3n) is 2.46. The molecule has 0 amide bonds. The summed E-state index contributed by atoms with van der Waals surface area (Å²) in [5.74, 6) is -0.119. The van der Waals surface area contributed by atoms with Crippen molar-refractivity contribution in [1.29, 1.82) is 0 Å². The van der Waals surface area contributed by atoms with Crippen LogP contribution in [0.15, 0.2) is 33.9 Å². The number of aliphatic hydroxyl groups is 1. The summed E-state index contributed by atoms with van der Waals surface area (Å²) >= 11 is 3.24. The second kappa shape index (κ2) is 5.81. The van der Waals surface area contributed by atoms with Crippen LogP contribution in [0.2, 0.25) is 0 Å². The Labute approximate surface area is 124 Å². The molecule has 7 nitrogen and oxygen atoms in total. The molecule has 0 aliphatic carbocycles. The van der Waals surface area contributed by atoms with E-state index in [0.29, 0.717) is 15.6 Å². The van der Waals surface area contributed by atoms with Crippen LogP contribution in [0.1, 0.15) is 11.1 Å². The van der Waals surface area contributed by atoms with Gasteiger partial charge in [0.2, 0.25) is 0 Å². The Bertz CT molecular complexity index is 722. The monoisotopic (exact) mass is 358 g/mol. The van der Waals surface area contributed by atoms with E-state index in [-0.39, 0.29) is 17.5 Å². The highest BCUT2D eigenvalue weighted by Crippen LogP contribution is 2.28. The molecule has 0 bridgehead atoms. The van der Waals surface area contributed by atoms with E-state index in [4.69, 9.17) is 5.11 Å². The first kappa shape index (κ1) is 14.8. The molecule has 9 heteroatoms. The molecular formula is C11H11BrN4O3S. The van der Waals surface area contributed by atoms with Gasteiger partial charge in [-0.2, -0.15) is 5.10 Å². The average molecular weight is 359 g/mol. The molecule has 2 N–H and O–H groups in total. The number of rotatable bonds is 4. The molecule has 1 aromatic carbocycles. The number of anilines is 1. The minimum Gasteiger partial charge on any atom is -0.392 e. The van der Waals surface area contributed by atoms with Crippen molar-refractivity contribution in [2.45, 2.75) is 18.4 Å². The third-order valence-corrected chi connectivity index (χ3v) is 5.13. The van der Waals surface area contributed by atoms with Gasteiger partial charge in [-0.3, -0.25) is 0 Å². The van der Waals surface area contributed by atoms with E-state index in [1.54, 1.807) is 13.0 Å². The number of aromatic nitrogens is 3. The maximum absolute atomic E-state index is 12.3. The molecule has 0 aliphatic heterocycles. The normalized spacial score (nSPS) is 11.3. The summed E-state index contributed by atoms with van der Waals surface area (Å²) in [7, 11) is -3.87. The molecule has 1 heterocycles. The Morgan fingerprint density at radius 3 is 2.70 bits per heavy atom. The Balaban J connectivity index is 2.47. The van der Waals surface area contributed by atoms with Crippen molar-refractivity contribution < 1.29 is 13.5 Å². The van der Waals surface area contributed by atoms with Gasteiger partial charge in [0.15, 0.2) is 0 Å². The molecule has 0 unspecified atom stereocenters. The summed E-state index contributed by atoms with van der Waals surface area (Å²) in [6, 6.07) is 3.08. The lowest BCUT2D eigenvalue weighted by atomic mass is 10.1. The zero-order valence-corrected chi connectivity index (χ0v) is 12.8. The van der Waals surface area contributed by atoms with Gasteiger partial charge in [0.25, 0.3) is 16.0 Å². The molecule has 106 valence electrons. The summed E-state index contributed by atoms with van der Waals surface area (Å²) in [5, 5.41) is 16.3. The first-order valence-corrected chi connectivity index (χ1v) is 7.78. The number of halogens is 1. The number of aliphatic hydroxyl groups excluding tert-OH is 1. The minimum atomic E-state index is -3.87. The molecule has 0 saturated carbocycles. The predicted octanol–water partition coefficient (Wildman–Crippen LogP) is 1.24. The van der Waals surface area contributed by atoms with E-state index in [0.717, 1.165) is 0 Å². The van der Waals surface area contributed by atoms with Gasteiger partial charge in [-0.05, 0) is 40.0 Å². The van der Waals surface area contributed by atoms with Crippen LogP contribution in [0.5, 0.6) is 0 Å². The van der Waals surface area contributed by atoms with Crippen LogP contribution in [0.25, 0.3) is 0 Å². The van der Waals surface area contributed by atoms with Crippen molar-refractivity contribution in [2.75, 3.05) is 4.72 Å². The zero-order chi connectivity index (χ0) is 14.8. The first-order chi connectivity index (χ1) is 9.44. The summed E-state index contributed by atoms with van der Waals surface area (Å²) in [5.41, 5.74) is 1.20. The lowest BCUT2D eigenvalue weighted by molar-refractivity contribution is 0.281. The van der Waals surface area contributed by atoms with Gasteiger partial charge in [0, 0.05) is 4.47 Å². The molecule has 20 heavy (non-hydrogen) atoms. The molecule has 1 aromatic heterocycles. The highest BCUT2D eigenvalue weighted by atomic mass is 79.9. The predicted molar refractivity (Wildman–Crippen MR) is 75.4 cm³/mol. The van der Waals surface area contributed by atoms with Gasteiger partial charge < -0.3 is 5.11 Å². The second-order valence-corrected chi connectivity index (χ2v) is 6.40. The van der Waals surface area contributed by atoms with Crippen LogP contribution in [0.3, 0.4) is 0 Å². The summed E-state index contributed by atoms with van der Waals surface area (Å²) in [4.78, 5) is 3.76. The number of hydrogen-bond donors (Lipinski definition) is 2. The van der Waals surface area contributed by atoms with Crippen LogP contribution in [0, 0.1) is 6.92 Å².